The Balaban J connectivity index is 1.96. The summed E-state index contributed by atoms with van der Waals surface area (Å²) in [6, 6.07) is 16.1. The number of thioether (sulfide) groups is 1. The van der Waals surface area contributed by atoms with E-state index >= 15 is 0 Å². The molecule has 3 heteroatoms. The number of benzene rings is 2. The Kier molecular flexibility index (Phi) is 4.49. The minimum Gasteiger partial charge on any atom is -0.481 e. The summed E-state index contributed by atoms with van der Waals surface area (Å²) in [4.78, 5) is 13.1. The van der Waals surface area contributed by atoms with E-state index in [0.717, 1.165) is 23.3 Å². The lowest BCUT2D eigenvalue weighted by Crippen LogP contribution is -2.24. The Bertz CT molecular complexity index is 707. The predicted molar refractivity (Wildman–Crippen MR) is 95.3 cm³/mol. The van der Waals surface area contributed by atoms with Crippen LogP contribution in [0, 0.1) is 0 Å². The number of fused-ring (bicyclic) bond motifs is 1. The van der Waals surface area contributed by atoms with Gasteiger partial charge in [0, 0.05) is 4.90 Å². The molecule has 2 nitrogen and oxygen atoms in total. The minimum atomic E-state index is -0.755. The van der Waals surface area contributed by atoms with Crippen LogP contribution in [-0.4, -0.2) is 16.8 Å². The maximum absolute atomic E-state index is 11.8. The van der Waals surface area contributed by atoms with E-state index in [2.05, 4.69) is 26.0 Å². The van der Waals surface area contributed by atoms with Crippen LogP contribution in [0.15, 0.2) is 53.4 Å². The molecule has 23 heavy (non-hydrogen) atoms. The Morgan fingerprint density at radius 2 is 1.96 bits per heavy atom. The molecule has 0 fully saturated rings. The molecule has 1 aliphatic heterocycles. The van der Waals surface area contributed by atoms with Gasteiger partial charge in [0.25, 0.3) is 0 Å². The Labute approximate surface area is 141 Å². The maximum Gasteiger partial charge on any atom is 0.311 e. The first-order valence-electron chi connectivity index (χ1n) is 8.01. The molecule has 0 aromatic heterocycles. The van der Waals surface area contributed by atoms with Crippen LogP contribution in [0.4, 0.5) is 0 Å². The summed E-state index contributed by atoms with van der Waals surface area (Å²) in [7, 11) is 0. The lowest BCUT2D eigenvalue weighted by Gasteiger charge is -2.33. The molecule has 0 saturated carbocycles. The van der Waals surface area contributed by atoms with Crippen molar-refractivity contribution in [1.29, 1.82) is 0 Å². The van der Waals surface area contributed by atoms with Gasteiger partial charge < -0.3 is 5.11 Å². The van der Waals surface area contributed by atoms with Crippen molar-refractivity contribution in [3.8, 4) is 0 Å². The number of carbonyl (C=O) groups is 1. The molecule has 3 rings (SSSR count). The standard InChI is InChI=1S/C20H22O2S/c1-20(2)10-11-23-18-9-8-15(13-17(18)20)16(19(21)22)12-14-6-4-3-5-7-14/h3-9,13,16H,10-12H2,1-2H3,(H,21,22). The van der Waals surface area contributed by atoms with Crippen molar-refractivity contribution in [3.05, 3.63) is 65.2 Å². The zero-order chi connectivity index (χ0) is 16.4. The largest absolute Gasteiger partial charge is 0.481 e. The van der Waals surface area contributed by atoms with Crippen LogP contribution < -0.4 is 0 Å². The molecular formula is C20H22O2S. The highest BCUT2D eigenvalue weighted by molar-refractivity contribution is 7.99. The molecule has 0 aliphatic carbocycles. The number of hydrogen-bond donors (Lipinski definition) is 1. The molecule has 0 spiro atoms. The SMILES string of the molecule is CC1(C)CCSc2ccc(C(Cc3ccccc3)C(=O)O)cc21. The second kappa shape index (κ2) is 6.40. The summed E-state index contributed by atoms with van der Waals surface area (Å²) in [6.45, 7) is 4.50. The van der Waals surface area contributed by atoms with Crippen LogP contribution in [-0.2, 0) is 16.6 Å². The topological polar surface area (TPSA) is 37.3 Å². The molecular weight excluding hydrogens is 304 g/mol. The maximum atomic E-state index is 11.8. The lowest BCUT2D eigenvalue weighted by atomic mass is 9.79. The Morgan fingerprint density at radius 1 is 1.22 bits per heavy atom. The smallest absolute Gasteiger partial charge is 0.311 e. The van der Waals surface area contributed by atoms with E-state index < -0.39 is 11.9 Å². The normalized spacial score (nSPS) is 17.3. The molecule has 1 heterocycles. The summed E-state index contributed by atoms with van der Waals surface area (Å²) in [5, 5.41) is 9.72. The van der Waals surface area contributed by atoms with E-state index in [1.54, 1.807) is 0 Å². The van der Waals surface area contributed by atoms with Crippen molar-refractivity contribution < 1.29 is 9.90 Å². The lowest BCUT2D eigenvalue weighted by molar-refractivity contribution is -0.138. The van der Waals surface area contributed by atoms with Gasteiger partial charge in [-0.3, -0.25) is 4.79 Å². The number of rotatable bonds is 4. The first-order chi connectivity index (χ1) is 11.0. The molecule has 1 atom stereocenters. The Hall–Kier alpha value is -1.74. The highest BCUT2D eigenvalue weighted by Crippen LogP contribution is 2.42. The van der Waals surface area contributed by atoms with Gasteiger partial charge in [-0.15, -0.1) is 11.8 Å². The fraction of sp³-hybridized carbons (Fsp3) is 0.350. The van der Waals surface area contributed by atoms with Crippen molar-refractivity contribution >= 4 is 17.7 Å². The van der Waals surface area contributed by atoms with Gasteiger partial charge in [-0.05, 0) is 46.8 Å². The second-order valence-electron chi connectivity index (χ2n) is 6.82. The summed E-state index contributed by atoms with van der Waals surface area (Å²) in [6.07, 6.45) is 1.66. The monoisotopic (exact) mass is 326 g/mol. The van der Waals surface area contributed by atoms with Crippen molar-refractivity contribution in [1.82, 2.24) is 0 Å². The average Bonchev–Trinajstić information content (AvgIpc) is 2.53. The number of aliphatic carboxylic acids is 1. The second-order valence-corrected chi connectivity index (χ2v) is 7.96. The van der Waals surface area contributed by atoms with Gasteiger partial charge in [0.15, 0.2) is 0 Å². The fourth-order valence-electron chi connectivity index (χ4n) is 3.17. The van der Waals surface area contributed by atoms with E-state index in [1.807, 2.05) is 48.2 Å². The number of carboxylic acids is 1. The minimum absolute atomic E-state index is 0.117. The van der Waals surface area contributed by atoms with E-state index in [4.69, 9.17) is 0 Å². The molecule has 0 saturated heterocycles. The molecule has 120 valence electrons. The van der Waals surface area contributed by atoms with Crippen LogP contribution in [0.1, 0.15) is 42.9 Å². The zero-order valence-electron chi connectivity index (χ0n) is 13.6. The fourth-order valence-corrected chi connectivity index (χ4v) is 4.65. The van der Waals surface area contributed by atoms with E-state index in [0.29, 0.717) is 6.42 Å². The quantitative estimate of drug-likeness (QED) is 0.871. The molecule has 1 N–H and O–H groups in total. The van der Waals surface area contributed by atoms with E-state index in [9.17, 15) is 9.90 Å². The van der Waals surface area contributed by atoms with E-state index in [1.165, 1.54) is 10.5 Å². The average molecular weight is 326 g/mol. The third-order valence-electron chi connectivity index (χ3n) is 4.70. The van der Waals surface area contributed by atoms with Crippen LogP contribution in [0.5, 0.6) is 0 Å². The molecule has 0 bridgehead atoms. The first-order valence-corrected chi connectivity index (χ1v) is 9.00. The molecule has 1 unspecified atom stereocenters. The van der Waals surface area contributed by atoms with Crippen molar-refractivity contribution in [2.24, 2.45) is 0 Å². The van der Waals surface area contributed by atoms with E-state index in [-0.39, 0.29) is 5.41 Å². The van der Waals surface area contributed by atoms with Crippen LogP contribution in [0.2, 0.25) is 0 Å². The van der Waals surface area contributed by atoms with Crippen molar-refractivity contribution in [3.63, 3.8) is 0 Å². The number of carboxylic acid groups (broad SMARTS) is 1. The summed E-state index contributed by atoms with van der Waals surface area (Å²) in [5.41, 5.74) is 3.39. The highest BCUT2D eigenvalue weighted by atomic mass is 32.2. The third kappa shape index (κ3) is 3.45. The van der Waals surface area contributed by atoms with Crippen LogP contribution in [0.25, 0.3) is 0 Å². The van der Waals surface area contributed by atoms with Crippen molar-refractivity contribution in [2.75, 3.05) is 5.75 Å². The van der Waals surface area contributed by atoms with Gasteiger partial charge in [0.05, 0.1) is 5.92 Å². The molecule has 1 aliphatic rings. The van der Waals surface area contributed by atoms with Crippen molar-refractivity contribution in [2.45, 2.75) is 42.9 Å². The molecule has 0 radical (unpaired) electrons. The molecule has 2 aromatic carbocycles. The van der Waals surface area contributed by atoms with Gasteiger partial charge in [-0.2, -0.15) is 0 Å². The number of hydrogen-bond acceptors (Lipinski definition) is 2. The van der Waals surface area contributed by atoms with Gasteiger partial charge >= 0.3 is 5.97 Å². The molecule has 2 aromatic rings. The molecule has 0 amide bonds. The first kappa shape index (κ1) is 16.1. The van der Waals surface area contributed by atoms with Crippen LogP contribution >= 0.6 is 11.8 Å². The van der Waals surface area contributed by atoms with Gasteiger partial charge in [0.2, 0.25) is 0 Å². The van der Waals surface area contributed by atoms with Gasteiger partial charge in [0.1, 0.15) is 0 Å². The van der Waals surface area contributed by atoms with Gasteiger partial charge in [-0.1, -0.05) is 56.3 Å². The summed E-state index contributed by atoms with van der Waals surface area (Å²) < 4.78 is 0. The van der Waals surface area contributed by atoms with Gasteiger partial charge in [-0.25, -0.2) is 0 Å². The highest BCUT2D eigenvalue weighted by Gasteiger charge is 2.30. The predicted octanol–water partition coefficient (Wildman–Crippen LogP) is 4.87. The summed E-state index contributed by atoms with van der Waals surface area (Å²) >= 11 is 1.88. The summed E-state index contributed by atoms with van der Waals surface area (Å²) in [5.74, 6) is -0.119. The third-order valence-corrected chi connectivity index (χ3v) is 5.78. The van der Waals surface area contributed by atoms with Crippen LogP contribution in [0.3, 0.4) is 0 Å². The zero-order valence-corrected chi connectivity index (χ0v) is 14.4. The Morgan fingerprint density at radius 3 is 2.65 bits per heavy atom.